The number of benzene rings is 2. The molecule has 0 saturated heterocycles. The highest BCUT2D eigenvalue weighted by Crippen LogP contribution is 2.26. The zero-order valence-corrected chi connectivity index (χ0v) is 16.0. The minimum absolute atomic E-state index is 0.0613. The zero-order valence-electron chi connectivity index (χ0n) is 16.0. The number of aliphatic hydroxyl groups is 2. The van der Waals surface area contributed by atoms with Gasteiger partial charge in [0.1, 0.15) is 0 Å². The van der Waals surface area contributed by atoms with Crippen LogP contribution in [0.5, 0.6) is 0 Å². The molecule has 0 atom stereocenters. The molecule has 1 aromatic heterocycles. The fourth-order valence-electron chi connectivity index (χ4n) is 3.25. The van der Waals surface area contributed by atoms with E-state index < -0.39 is 0 Å². The second-order valence-corrected chi connectivity index (χ2v) is 6.83. The quantitative estimate of drug-likeness (QED) is 0.644. The smallest absolute Gasteiger partial charge is 0.0972 e. The van der Waals surface area contributed by atoms with Crippen LogP contribution in [0.2, 0.25) is 0 Å². The van der Waals surface area contributed by atoms with Gasteiger partial charge >= 0.3 is 0 Å². The second-order valence-electron chi connectivity index (χ2n) is 6.83. The molecule has 0 aliphatic carbocycles. The van der Waals surface area contributed by atoms with Crippen molar-refractivity contribution in [3.05, 3.63) is 71.4 Å². The maximum atomic E-state index is 9.33. The predicted molar refractivity (Wildman–Crippen MR) is 108 cm³/mol. The third kappa shape index (κ3) is 4.63. The lowest BCUT2D eigenvalue weighted by Gasteiger charge is -2.19. The first-order valence-corrected chi connectivity index (χ1v) is 9.28. The Kier molecular flexibility index (Phi) is 6.40. The summed E-state index contributed by atoms with van der Waals surface area (Å²) < 4.78 is 1.94. The highest BCUT2D eigenvalue weighted by atomic mass is 16.3. The first-order chi connectivity index (χ1) is 13.1. The maximum absolute atomic E-state index is 9.33. The van der Waals surface area contributed by atoms with E-state index in [9.17, 15) is 10.2 Å². The van der Waals surface area contributed by atoms with Crippen molar-refractivity contribution in [1.82, 2.24) is 14.7 Å². The molecule has 5 nitrogen and oxygen atoms in total. The summed E-state index contributed by atoms with van der Waals surface area (Å²) in [6, 6.07) is 16.5. The number of rotatable bonds is 8. The molecule has 0 saturated carbocycles. The molecule has 3 rings (SSSR count). The molecule has 0 amide bonds. The lowest BCUT2D eigenvalue weighted by molar-refractivity contribution is 0.156. The highest BCUT2D eigenvalue weighted by molar-refractivity contribution is 5.63. The van der Waals surface area contributed by atoms with E-state index in [1.807, 2.05) is 27.8 Å². The van der Waals surface area contributed by atoms with Crippen LogP contribution < -0.4 is 0 Å². The lowest BCUT2D eigenvalue weighted by atomic mass is 10.1. The third-order valence-corrected chi connectivity index (χ3v) is 4.68. The van der Waals surface area contributed by atoms with Crippen molar-refractivity contribution < 1.29 is 10.2 Å². The SMILES string of the molecule is Cc1ccc(C)c(-n2cc(CN(CCO)CCO)c(-c3ccccc3)n2)c1. The molecule has 0 spiro atoms. The van der Waals surface area contributed by atoms with Crippen LogP contribution in [0.25, 0.3) is 16.9 Å². The fraction of sp³-hybridized carbons (Fsp3) is 0.318. The van der Waals surface area contributed by atoms with Gasteiger partial charge in [-0.2, -0.15) is 5.10 Å². The van der Waals surface area contributed by atoms with Crippen LogP contribution in [0.4, 0.5) is 0 Å². The Morgan fingerprint density at radius 1 is 0.963 bits per heavy atom. The average Bonchev–Trinajstić information content (AvgIpc) is 3.08. The van der Waals surface area contributed by atoms with E-state index in [0.29, 0.717) is 19.6 Å². The van der Waals surface area contributed by atoms with E-state index >= 15 is 0 Å². The number of hydrogen-bond acceptors (Lipinski definition) is 4. The van der Waals surface area contributed by atoms with Crippen LogP contribution in [-0.4, -0.2) is 51.2 Å². The van der Waals surface area contributed by atoms with Gasteiger partial charge in [0.25, 0.3) is 0 Å². The van der Waals surface area contributed by atoms with Gasteiger partial charge in [0.05, 0.1) is 24.6 Å². The summed E-state index contributed by atoms with van der Waals surface area (Å²) in [6.07, 6.45) is 2.06. The molecule has 3 aromatic rings. The maximum Gasteiger partial charge on any atom is 0.0972 e. The summed E-state index contributed by atoms with van der Waals surface area (Å²) in [4.78, 5) is 2.04. The number of aromatic nitrogens is 2. The van der Waals surface area contributed by atoms with E-state index in [1.165, 1.54) is 5.56 Å². The van der Waals surface area contributed by atoms with Crippen LogP contribution >= 0.6 is 0 Å². The third-order valence-electron chi connectivity index (χ3n) is 4.68. The monoisotopic (exact) mass is 365 g/mol. The fourth-order valence-corrected chi connectivity index (χ4v) is 3.25. The van der Waals surface area contributed by atoms with Crippen LogP contribution in [0.3, 0.4) is 0 Å². The lowest BCUT2D eigenvalue weighted by Crippen LogP contribution is -2.29. The van der Waals surface area contributed by atoms with Crippen LogP contribution in [0.1, 0.15) is 16.7 Å². The molecule has 0 fully saturated rings. The largest absolute Gasteiger partial charge is 0.395 e. The molecule has 5 heteroatoms. The molecule has 0 aliphatic rings. The number of nitrogens with zero attached hydrogens (tertiary/aromatic N) is 3. The van der Waals surface area contributed by atoms with Gasteiger partial charge in [-0.3, -0.25) is 4.90 Å². The predicted octanol–water partition coefficient (Wildman–Crippen LogP) is 2.94. The second kappa shape index (κ2) is 8.95. The number of aliphatic hydroxyl groups excluding tert-OH is 2. The summed E-state index contributed by atoms with van der Waals surface area (Å²) in [6.45, 7) is 5.94. The summed E-state index contributed by atoms with van der Waals surface area (Å²) >= 11 is 0. The molecular formula is C22H27N3O2. The van der Waals surface area contributed by atoms with Crippen LogP contribution in [0, 0.1) is 13.8 Å². The molecule has 27 heavy (non-hydrogen) atoms. The van der Waals surface area contributed by atoms with Gasteiger partial charge in [0.2, 0.25) is 0 Å². The van der Waals surface area contributed by atoms with Gasteiger partial charge in [-0.05, 0) is 31.0 Å². The minimum atomic E-state index is 0.0613. The van der Waals surface area contributed by atoms with Crippen molar-refractivity contribution in [2.24, 2.45) is 0 Å². The number of hydrogen-bond donors (Lipinski definition) is 2. The Balaban J connectivity index is 2.05. The van der Waals surface area contributed by atoms with E-state index in [-0.39, 0.29) is 13.2 Å². The van der Waals surface area contributed by atoms with E-state index in [0.717, 1.165) is 28.1 Å². The molecule has 0 unspecified atom stereocenters. The molecule has 0 bridgehead atoms. The first kappa shape index (κ1) is 19.3. The molecule has 2 aromatic carbocycles. The highest BCUT2D eigenvalue weighted by Gasteiger charge is 2.16. The Morgan fingerprint density at radius 3 is 2.33 bits per heavy atom. The summed E-state index contributed by atoms with van der Waals surface area (Å²) in [5, 5.41) is 23.6. The van der Waals surface area contributed by atoms with Crippen molar-refractivity contribution in [3.8, 4) is 16.9 Å². The molecule has 0 radical (unpaired) electrons. The molecule has 2 N–H and O–H groups in total. The van der Waals surface area contributed by atoms with Crippen molar-refractivity contribution in [3.63, 3.8) is 0 Å². The van der Waals surface area contributed by atoms with Crippen molar-refractivity contribution in [1.29, 1.82) is 0 Å². The van der Waals surface area contributed by atoms with Gasteiger partial charge in [-0.15, -0.1) is 0 Å². The Bertz CT molecular complexity index is 869. The van der Waals surface area contributed by atoms with Gasteiger partial charge < -0.3 is 10.2 Å². The Hall–Kier alpha value is -2.47. The van der Waals surface area contributed by atoms with Gasteiger partial charge in [0.15, 0.2) is 0 Å². The van der Waals surface area contributed by atoms with Gasteiger partial charge in [0, 0.05) is 37.0 Å². The first-order valence-electron chi connectivity index (χ1n) is 9.28. The summed E-state index contributed by atoms with van der Waals surface area (Å²) in [7, 11) is 0. The summed E-state index contributed by atoms with van der Waals surface area (Å²) in [5.41, 5.74) is 6.48. The van der Waals surface area contributed by atoms with Crippen molar-refractivity contribution in [2.75, 3.05) is 26.3 Å². The van der Waals surface area contributed by atoms with Gasteiger partial charge in [-0.1, -0.05) is 42.5 Å². The Labute approximate surface area is 160 Å². The summed E-state index contributed by atoms with van der Waals surface area (Å²) in [5.74, 6) is 0. The van der Waals surface area contributed by atoms with Crippen molar-refractivity contribution in [2.45, 2.75) is 20.4 Å². The Morgan fingerprint density at radius 2 is 1.67 bits per heavy atom. The number of aryl methyl sites for hydroxylation is 2. The van der Waals surface area contributed by atoms with E-state index in [4.69, 9.17) is 5.10 Å². The molecule has 142 valence electrons. The molecular weight excluding hydrogens is 338 g/mol. The van der Waals surface area contributed by atoms with Crippen LogP contribution in [-0.2, 0) is 6.54 Å². The van der Waals surface area contributed by atoms with E-state index in [1.54, 1.807) is 0 Å². The topological polar surface area (TPSA) is 61.5 Å². The standard InChI is InChI=1S/C22H27N3O2/c1-17-8-9-18(2)21(14-17)25-16-20(15-24(10-12-26)11-13-27)22(23-25)19-6-4-3-5-7-19/h3-9,14,16,26-27H,10-13,15H2,1-2H3. The van der Waals surface area contributed by atoms with Crippen molar-refractivity contribution >= 4 is 0 Å². The molecule has 1 heterocycles. The van der Waals surface area contributed by atoms with E-state index in [2.05, 4.69) is 50.4 Å². The zero-order chi connectivity index (χ0) is 19.2. The average molecular weight is 365 g/mol. The minimum Gasteiger partial charge on any atom is -0.395 e. The van der Waals surface area contributed by atoms with Gasteiger partial charge in [-0.25, -0.2) is 4.68 Å². The molecule has 0 aliphatic heterocycles. The normalized spacial score (nSPS) is 11.3. The van der Waals surface area contributed by atoms with Crippen LogP contribution in [0.15, 0.2) is 54.7 Å².